The van der Waals surface area contributed by atoms with Gasteiger partial charge in [-0.3, -0.25) is 4.79 Å². The molecule has 6 nitrogen and oxygen atoms in total. The van der Waals surface area contributed by atoms with E-state index in [-0.39, 0.29) is 10.6 Å². The Labute approximate surface area is 174 Å². The summed E-state index contributed by atoms with van der Waals surface area (Å²) in [4.78, 5) is 12.2. The van der Waals surface area contributed by atoms with Crippen LogP contribution in [0.25, 0.3) is 6.08 Å². The monoisotopic (exact) mass is 442 g/mol. The summed E-state index contributed by atoms with van der Waals surface area (Å²) in [6.07, 6.45) is 2.76. The summed E-state index contributed by atoms with van der Waals surface area (Å²) in [7, 11) is -0.904. The van der Waals surface area contributed by atoms with Crippen molar-refractivity contribution in [2.24, 2.45) is 0 Å². The first-order valence-electron chi connectivity index (χ1n) is 8.29. The Morgan fingerprint density at radius 1 is 1.18 bits per heavy atom. The molecule has 0 spiro atoms. The van der Waals surface area contributed by atoms with Crippen LogP contribution in [0.4, 0.5) is 5.69 Å². The summed E-state index contributed by atoms with van der Waals surface area (Å²) in [5, 5.41) is 3.45. The summed E-state index contributed by atoms with van der Waals surface area (Å²) in [5.41, 5.74) is 0.826. The molecule has 0 heterocycles. The Kier molecular flexibility index (Phi) is 7.48. The number of nitrogens with zero attached hydrogens (tertiary/aromatic N) is 1. The number of rotatable bonds is 7. The normalized spacial score (nSPS) is 11.8. The Morgan fingerprint density at radius 2 is 1.82 bits per heavy atom. The van der Waals surface area contributed by atoms with E-state index in [1.165, 1.54) is 38.4 Å². The van der Waals surface area contributed by atoms with E-state index in [2.05, 4.69) is 5.32 Å². The predicted octanol–water partition coefficient (Wildman–Crippen LogP) is 4.29. The molecule has 0 aliphatic carbocycles. The quantitative estimate of drug-likeness (QED) is 0.648. The summed E-state index contributed by atoms with van der Waals surface area (Å²) in [6, 6.07) is 9.45. The molecular formula is C19H20Cl2N2O4S. The van der Waals surface area contributed by atoms with Crippen molar-refractivity contribution < 1.29 is 17.9 Å². The number of carbonyl (C=O) groups excluding carboxylic acids is 1. The van der Waals surface area contributed by atoms with Crippen LogP contribution in [0.15, 0.2) is 47.4 Å². The number of hydrogen-bond acceptors (Lipinski definition) is 4. The van der Waals surface area contributed by atoms with Gasteiger partial charge in [0.1, 0.15) is 10.6 Å². The van der Waals surface area contributed by atoms with Crippen LogP contribution in [0.1, 0.15) is 12.5 Å². The average Bonchev–Trinajstić information content (AvgIpc) is 2.62. The van der Waals surface area contributed by atoms with Gasteiger partial charge in [-0.05, 0) is 43.3 Å². The molecule has 0 unspecified atom stereocenters. The Balaban J connectivity index is 2.29. The smallest absolute Gasteiger partial charge is 0.248 e. The van der Waals surface area contributed by atoms with Crippen LogP contribution >= 0.6 is 23.2 Å². The molecule has 0 saturated carbocycles. The fourth-order valence-corrected chi connectivity index (χ4v) is 3.85. The van der Waals surface area contributed by atoms with Crippen molar-refractivity contribution >= 4 is 50.9 Å². The van der Waals surface area contributed by atoms with Crippen LogP contribution in [0, 0.1) is 0 Å². The van der Waals surface area contributed by atoms with Gasteiger partial charge in [0.2, 0.25) is 15.9 Å². The van der Waals surface area contributed by atoms with Crippen LogP contribution in [0.3, 0.4) is 0 Å². The molecule has 2 aromatic rings. The fourth-order valence-electron chi connectivity index (χ4n) is 2.27. The number of hydrogen-bond donors (Lipinski definition) is 1. The maximum atomic E-state index is 12.5. The molecule has 1 amide bonds. The number of halogens is 2. The highest BCUT2D eigenvalue weighted by atomic mass is 35.5. The molecule has 0 bridgehead atoms. The predicted molar refractivity (Wildman–Crippen MR) is 113 cm³/mol. The third-order valence-corrected chi connectivity index (χ3v) is 6.17. The summed E-state index contributed by atoms with van der Waals surface area (Å²) < 4.78 is 31.6. The lowest BCUT2D eigenvalue weighted by molar-refractivity contribution is -0.111. The number of amides is 1. The summed E-state index contributed by atoms with van der Waals surface area (Å²) >= 11 is 12.1. The minimum atomic E-state index is -3.75. The lowest BCUT2D eigenvalue weighted by Gasteiger charge is -2.16. The molecule has 28 heavy (non-hydrogen) atoms. The molecule has 2 rings (SSSR count). The molecule has 0 saturated heterocycles. The highest BCUT2D eigenvalue weighted by molar-refractivity contribution is 7.89. The number of anilines is 1. The number of nitrogens with one attached hydrogen (secondary N) is 1. The second-order valence-electron chi connectivity index (χ2n) is 5.84. The van der Waals surface area contributed by atoms with E-state index in [1.54, 1.807) is 31.2 Å². The highest BCUT2D eigenvalue weighted by Gasteiger charge is 2.23. The third-order valence-electron chi connectivity index (χ3n) is 3.67. The standard InChI is InChI=1S/C19H20Cl2N2O4S/c1-4-27-17-10-8-13(12-18(17)28(25,26)23(2)3)22-19(24)11-9-14-15(20)6-5-7-16(14)21/h5-12H,4H2,1-3H3,(H,22,24)/b11-9+. The van der Waals surface area contributed by atoms with Crippen molar-refractivity contribution in [3.05, 3.63) is 58.1 Å². The Hall–Kier alpha value is -2.06. The molecular weight excluding hydrogens is 423 g/mol. The number of sulfonamides is 1. The molecule has 0 atom stereocenters. The van der Waals surface area contributed by atoms with Gasteiger partial charge in [0.25, 0.3) is 0 Å². The van der Waals surface area contributed by atoms with Crippen LogP contribution in [-0.4, -0.2) is 39.3 Å². The molecule has 0 radical (unpaired) electrons. The van der Waals surface area contributed by atoms with Gasteiger partial charge in [0.05, 0.1) is 6.61 Å². The SMILES string of the molecule is CCOc1ccc(NC(=O)/C=C/c2c(Cl)cccc2Cl)cc1S(=O)(=O)N(C)C. The lowest BCUT2D eigenvalue weighted by Crippen LogP contribution is -2.23. The van der Waals surface area contributed by atoms with Gasteiger partial charge in [-0.15, -0.1) is 0 Å². The molecule has 0 aliphatic heterocycles. The minimum Gasteiger partial charge on any atom is -0.492 e. The van der Waals surface area contributed by atoms with Crippen LogP contribution < -0.4 is 10.1 Å². The van der Waals surface area contributed by atoms with Gasteiger partial charge < -0.3 is 10.1 Å². The lowest BCUT2D eigenvalue weighted by atomic mass is 10.2. The van der Waals surface area contributed by atoms with Crippen molar-refractivity contribution in [2.45, 2.75) is 11.8 Å². The fraction of sp³-hybridized carbons (Fsp3) is 0.211. The Morgan fingerprint density at radius 3 is 2.39 bits per heavy atom. The van der Waals surface area contributed by atoms with Gasteiger partial charge in [0, 0.05) is 41.5 Å². The van der Waals surface area contributed by atoms with E-state index in [9.17, 15) is 13.2 Å². The van der Waals surface area contributed by atoms with Gasteiger partial charge in [0.15, 0.2) is 0 Å². The first kappa shape index (κ1) is 22.2. The van der Waals surface area contributed by atoms with Crippen molar-refractivity contribution in [2.75, 3.05) is 26.0 Å². The molecule has 9 heteroatoms. The second-order valence-corrected chi connectivity index (χ2v) is 8.77. The highest BCUT2D eigenvalue weighted by Crippen LogP contribution is 2.29. The van der Waals surface area contributed by atoms with Crippen molar-refractivity contribution in [3.63, 3.8) is 0 Å². The van der Waals surface area contributed by atoms with Crippen molar-refractivity contribution in [1.82, 2.24) is 4.31 Å². The first-order chi connectivity index (χ1) is 13.2. The molecule has 2 aromatic carbocycles. The summed E-state index contributed by atoms with van der Waals surface area (Å²) in [6.45, 7) is 2.06. The van der Waals surface area contributed by atoms with Gasteiger partial charge in [-0.25, -0.2) is 12.7 Å². The number of carbonyl (C=O) groups is 1. The molecule has 150 valence electrons. The van der Waals surface area contributed by atoms with Gasteiger partial charge >= 0.3 is 0 Å². The molecule has 0 fully saturated rings. The molecule has 0 aliphatic rings. The second kappa shape index (κ2) is 9.43. The molecule has 0 aromatic heterocycles. The minimum absolute atomic E-state index is 0.0322. The largest absolute Gasteiger partial charge is 0.492 e. The van der Waals surface area contributed by atoms with Crippen molar-refractivity contribution in [3.8, 4) is 5.75 Å². The van der Waals surface area contributed by atoms with E-state index in [0.29, 0.717) is 27.9 Å². The Bertz CT molecular complexity index is 985. The van der Waals surface area contributed by atoms with Gasteiger partial charge in [-0.2, -0.15) is 0 Å². The topological polar surface area (TPSA) is 75.7 Å². The van der Waals surface area contributed by atoms with Crippen LogP contribution in [0.5, 0.6) is 5.75 Å². The number of ether oxygens (including phenoxy) is 1. The zero-order chi connectivity index (χ0) is 20.9. The van der Waals surface area contributed by atoms with Crippen molar-refractivity contribution in [1.29, 1.82) is 0 Å². The van der Waals surface area contributed by atoms with Crippen LogP contribution in [-0.2, 0) is 14.8 Å². The van der Waals surface area contributed by atoms with Crippen LogP contribution in [0.2, 0.25) is 10.0 Å². The summed E-state index contributed by atoms with van der Waals surface area (Å²) in [5.74, 6) is -0.249. The van der Waals surface area contributed by atoms with E-state index in [0.717, 1.165) is 4.31 Å². The number of benzene rings is 2. The zero-order valence-electron chi connectivity index (χ0n) is 15.6. The maximum absolute atomic E-state index is 12.5. The first-order valence-corrected chi connectivity index (χ1v) is 10.5. The average molecular weight is 443 g/mol. The third kappa shape index (κ3) is 5.26. The maximum Gasteiger partial charge on any atom is 0.248 e. The van der Waals surface area contributed by atoms with E-state index >= 15 is 0 Å². The molecule has 1 N–H and O–H groups in total. The van der Waals surface area contributed by atoms with E-state index in [1.807, 2.05) is 0 Å². The zero-order valence-corrected chi connectivity index (χ0v) is 17.9. The van der Waals surface area contributed by atoms with Gasteiger partial charge in [-0.1, -0.05) is 29.3 Å². The van der Waals surface area contributed by atoms with E-state index in [4.69, 9.17) is 27.9 Å². The van der Waals surface area contributed by atoms with E-state index < -0.39 is 15.9 Å².